The molecule has 0 unspecified atom stereocenters. The van der Waals surface area contributed by atoms with E-state index in [4.69, 9.17) is 4.74 Å². The molecule has 0 fully saturated rings. The molecule has 1 aromatic heterocycles. The van der Waals surface area contributed by atoms with Crippen molar-refractivity contribution < 1.29 is 9.53 Å². The summed E-state index contributed by atoms with van der Waals surface area (Å²) in [6, 6.07) is 10.7. The van der Waals surface area contributed by atoms with Crippen LogP contribution < -0.4 is 15.0 Å². The highest BCUT2D eigenvalue weighted by Crippen LogP contribution is 2.16. The fourth-order valence-electron chi connectivity index (χ4n) is 1.69. The average molecular weight is 271 g/mol. The minimum atomic E-state index is -0.191. The minimum absolute atomic E-state index is 0.191. The van der Waals surface area contributed by atoms with E-state index in [9.17, 15) is 4.79 Å². The van der Waals surface area contributed by atoms with Crippen LogP contribution in [0.5, 0.6) is 5.75 Å². The van der Waals surface area contributed by atoms with Crippen molar-refractivity contribution in [1.29, 1.82) is 0 Å². The van der Waals surface area contributed by atoms with Gasteiger partial charge in [0, 0.05) is 19.7 Å². The van der Waals surface area contributed by atoms with Crippen LogP contribution in [0.1, 0.15) is 10.4 Å². The number of anilines is 2. The lowest BCUT2D eigenvalue weighted by Crippen LogP contribution is -2.13. The zero-order valence-electron chi connectivity index (χ0n) is 11.8. The Labute approximate surface area is 118 Å². The highest BCUT2D eigenvalue weighted by molar-refractivity contribution is 6.04. The maximum absolute atomic E-state index is 12.1. The van der Waals surface area contributed by atoms with E-state index in [0.717, 1.165) is 5.82 Å². The zero-order chi connectivity index (χ0) is 14.5. The van der Waals surface area contributed by atoms with Gasteiger partial charge in [-0.2, -0.15) is 0 Å². The van der Waals surface area contributed by atoms with Crippen LogP contribution in [-0.4, -0.2) is 32.1 Å². The molecule has 0 aliphatic carbocycles. The standard InChI is InChI=1S/C15H17N3O2/c1-18(2)14-8-7-12(10-16-14)17-15(19)11-5-4-6-13(9-11)20-3/h4-10H,1-3H3,(H,17,19). The fourth-order valence-corrected chi connectivity index (χ4v) is 1.69. The van der Waals surface area contributed by atoms with Crippen LogP contribution in [0.3, 0.4) is 0 Å². The van der Waals surface area contributed by atoms with Crippen molar-refractivity contribution in [2.75, 3.05) is 31.4 Å². The molecule has 1 amide bonds. The van der Waals surface area contributed by atoms with E-state index in [-0.39, 0.29) is 5.91 Å². The third-order valence-electron chi connectivity index (χ3n) is 2.80. The lowest BCUT2D eigenvalue weighted by Gasteiger charge is -2.11. The van der Waals surface area contributed by atoms with Crippen LogP contribution >= 0.6 is 0 Å². The number of rotatable bonds is 4. The van der Waals surface area contributed by atoms with Crippen molar-refractivity contribution in [3.8, 4) is 5.75 Å². The summed E-state index contributed by atoms with van der Waals surface area (Å²) >= 11 is 0. The quantitative estimate of drug-likeness (QED) is 0.927. The molecule has 104 valence electrons. The number of methoxy groups -OCH3 is 1. The monoisotopic (exact) mass is 271 g/mol. The molecule has 0 aliphatic rings. The van der Waals surface area contributed by atoms with E-state index < -0.39 is 0 Å². The largest absolute Gasteiger partial charge is 0.497 e. The normalized spacial score (nSPS) is 9.95. The molecule has 1 N–H and O–H groups in total. The van der Waals surface area contributed by atoms with Crippen molar-refractivity contribution in [2.45, 2.75) is 0 Å². The second-order valence-corrected chi connectivity index (χ2v) is 4.49. The summed E-state index contributed by atoms with van der Waals surface area (Å²) in [4.78, 5) is 18.2. The number of carbonyl (C=O) groups is 1. The highest BCUT2D eigenvalue weighted by Gasteiger charge is 2.07. The number of hydrogen-bond acceptors (Lipinski definition) is 4. The summed E-state index contributed by atoms with van der Waals surface area (Å²) in [5.74, 6) is 1.30. The molecule has 1 heterocycles. The Balaban J connectivity index is 2.10. The lowest BCUT2D eigenvalue weighted by atomic mass is 10.2. The predicted octanol–water partition coefficient (Wildman–Crippen LogP) is 2.41. The Morgan fingerprint density at radius 2 is 2.05 bits per heavy atom. The van der Waals surface area contributed by atoms with Gasteiger partial charge in [-0.25, -0.2) is 4.98 Å². The van der Waals surface area contributed by atoms with Gasteiger partial charge >= 0.3 is 0 Å². The SMILES string of the molecule is COc1cccc(C(=O)Nc2ccc(N(C)C)nc2)c1. The van der Waals surface area contributed by atoms with Crippen molar-refractivity contribution in [3.63, 3.8) is 0 Å². The van der Waals surface area contributed by atoms with Gasteiger partial charge in [-0.05, 0) is 30.3 Å². The van der Waals surface area contributed by atoms with Crippen molar-refractivity contribution in [2.24, 2.45) is 0 Å². The second kappa shape index (κ2) is 6.06. The Bertz CT molecular complexity index is 594. The molecule has 2 rings (SSSR count). The van der Waals surface area contributed by atoms with Crippen molar-refractivity contribution in [1.82, 2.24) is 4.98 Å². The Kier molecular flexibility index (Phi) is 4.20. The van der Waals surface area contributed by atoms with Crippen molar-refractivity contribution >= 4 is 17.4 Å². The molecule has 2 aromatic rings. The Hall–Kier alpha value is -2.56. The minimum Gasteiger partial charge on any atom is -0.497 e. The van der Waals surface area contributed by atoms with E-state index in [1.54, 1.807) is 37.6 Å². The molecule has 0 saturated carbocycles. The van der Waals surface area contributed by atoms with Gasteiger partial charge in [0.05, 0.1) is 19.0 Å². The molecule has 0 radical (unpaired) electrons. The first-order valence-corrected chi connectivity index (χ1v) is 6.19. The van der Waals surface area contributed by atoms with Gasteiger partial charge in [0.1, 0.15) is 11.6 Å². The first-order valence-electron chi connectivity index (χ1n) is 6.19. The summed E-state index contributed by atoms with van der Waals surface area (Å²) < 4.78 is 5.10. The molecule has 0 bridgehead atoms. The lowest BCUT2D eigenvalue weighted by molar-refractivity contribution is 0.102. The van der Waals surface area contributed by atoms with Gasteiger partial charge in [-0.1, -0.05) is 6.07 Å². The van der Waals surface area contributed by atoms with E-state index in [2.05, 4.69) is 10.3 Å². The molecular formula is C15H17N3O2. The average Bonchev–Trinajstić information content (AvgIpc) is 2.47. The number of aromatic nitrogens is 1. The number of nitrogens with one attached hydrogen (secondary N) is 1. The second-order valence-electron chi connectivity index (χ2n) is 4.49. The maximum atomic E-state index is 12.1. The molecule has 0 aliphatic heterocycles. The maximum Gasteiger partial charge on any atom is 0.255 e. The summed E-state index contributed by atoms with van der Waals surface area (Å²) in [5.41, 5.74) is 1.20. The molecule has 20 heavy (non-hydrogen) atoms. The molecule has 0 spiro atoms. The van der Waals surface area contributed by atoms with Gasteiger partial charge in [-0.3, -0.25) is 4.79 Å². The van der Waals surface area contributed by atoms with E-state index in [1.807, 2.05) is 31.1 Å². The fraction of sp³-hybridized carbons (Fsp3) is 0.200. The number of hydrogen-bond donors (Lipinski definition) is 1. The number of carbonyl (C=O) groups excluding carboxylic acids is 1. The van der Waals surface area contributed by atoms with Crippen LogP contribution in [0.2, 0.25) is 0 Å². The van der Waals surface area contributed by atoms with Crippen LogP contribution in [0.25, 0.3) is 0 Å². The molecule has 0 atom stereocenters. The van der Waals surface area contributed by atoms with E-state index in [1.165, 1.54) is 0 Å². The van der Waals surface area contributed by atoms with Crippen LogP contribution in [0.4, 0.5) is 11.5 Å². The number of pyridine rings is 1. The van der Waals surface area contributed by atoms with E-state index in [0.29, 0.717) is 17.0 Å². The number of amides is 1. The molecule has 1 aromatic carbocycles. The number of nitrogens with zero attached hydrogens (tertiary/aromatic N) is 2. The van der Waals surface area contributed by atoms with Gasteiger partial charge in [0.2, 0.25) is 0 Å². The molecule has 5 heteroatoms. The Morgan fingerprint density at radius 1 is 1.25 bits per heavy atom. The van der Waals surface area contributed by atoms with Gasteiger partial charge in [-0.15, -0.1) is 0 Å². The van der Waals surface area contributed by atoms with Crippen LogP contribution in [0, 0.1) is 0 Å². The van der Waals surface area contributed by atoms with Crippen LogP contribution in [0.15, 0.2) is 42.6 Å². The zero-order valence-corrected chi connectivity index (χ0v) is 11.8. The smallest absolute Gasteiger partial charge is 0.255 e. The summed E-state index contributed by atoms with van der Waals surface area (Å²) in [7, 11) is 5.40. The van der Waals surface area contributed by atoms with Gasteiger partial charge in [0.15, 0.2) is 0 Å². The third kappa shape index (κ3) is 3.26. The van der Waals surface area contributed by atoms with Crippen LogP contribution in [-0.2, 0) is 0 Å². The predicted molar refractivity (Wildman–Crippen MR) is 79.5 cm³/mol. The Morgan fingerprint density at radius 3 is 2.65 bits per heavy atom. The highest BCUT2D eigenvalue weighted by atomic mass is 16.5. The molecule has 0 saturated heterocycles. The van der Waals surface area contributed by atoms with Gasteiger partial charge in [0.25, 0.3) is 5.91 Å². The molecular weight excluding hydrogens is 254 g/mol. The first-order chi connectivity index (χ1) is 9.60. The van der Waals surface area contributed by atoms with Gasteiger partial charge < -0.3 is 15.0 Å². The summed E-state index contributed by atoms with van der Waals surface area (Å²) in [5, 5.41) is 2.80. The number of benzene rings is 1. The molecule has 5 nitrogen and oxygen atoms in total. The van der Waals surface area contributed by atoms with Crippen molar-refractivity contribution in [3.05, 3.63) is 48.2 Å². The summed E-state index contributed by atoms with van der Waals surface area (Å²) in [6.07, 6.45) is 1.63. The third-order valence-corrected chi connectivity index (χ3v) is 2.80. The van der Waals surface area contributed by atoms with E-state index >= 15 is 0 Å². The first kappa shape index (κ1) is 13.9. The topological polar surface area (TPSA) is 54.5 Å². The number of ether oxygens (including phenoxy) is 1. The summed E-state index contributed by atoms with van der Waals surface area (Å²) in [6.45, 7) is 0.